The van der Waals surface area contributed by atoms with E-state index in [2.05, 4.69) is 9.97 Å². The number of carbonyl (C=O) groups is 1. The van der Waals surface area contributed by atoms with Gasteiger partial charge < -0.3 is 10.0 Å². The molecule has 1 saturated heterocycles. The number of aromatic nitrogens is 2. The van der Waals surface area contributed by atoms with E-state index in [0.717, 1.165) is 12.4 Å². The van der Waals surface area contributed by atoms with Crippen molar-refractivity contribution in [3.05, 3.63) is 18.2 Å². The lowest BCUT2D eigenvalue weighted by Crippen LogP contribution is -2.32. The van der Waals surface area contributed by atoms with Gasteiger partial charge in [0.15, 0.2) is 5.82 Å². The Labute approximate surface area is 91.9 Å². The van der Waals surface area contributed by atoms with E-state index in [-0.39, 0.29) is 0 Å². The van der Waals surface area contributed by atoms with E-state index in [1.54, 1.807) is 11.8 Å². The van der Waals surface area contributed by atoms with Gasteiger partial charge in [-0.3, -0.25) is 4.79 Å². The SMILES string of the molecule is CC1(C(=O)O)CCN(c2ncc(F)cn2)C1. The van der Waals surface area contributed by atoms with Gasteiger partial charge in [-0.25, -0.2) is 14.4 Å². The fraction of sp³-hybridized carbons (Fsp3) is 0.500. The number of hydrogen-bond acceptors (Lipinski definition) is 4. The van der Waals surface area contributed by atoms with Crippen LogP contribution in [0.3, 0.4) is 0 Å². The largest absolute Gasteiger partial charge is 0.481 e. The molecule has 0 aliphatic carbocycles. The molecule has 1 N–H and O–H groups in total. The topological polar surface area (TPSA) is 66.3 Å². The summed E-state index contributed by atoms with van der Waals surface area (Å²) in [6.45, 7) is 2.63. The number of nitrogens with zero attached hydrogens (tertiary/aromatic N) is 3. The molecule has 2 heterocycles. The van der Waals surface area contributed by atoms with E-state index in [1.165, 1.54) is 0 Å². The molecule has 86 valence electrons. The standard InChI is InChI=1S/C10H12FN3O2/c1-10(8(15)16)2-3-14(6-10)9-12-4-7(11)5-13-9/h4-5H,2-3,6H2,1H3,(H,15,16). The number of anilines is 1. The molecule has 0 spiro atoms. The first-order chi connectivity index (χ1) is 7.51. The van der Waals surface area contributed by atoms with Gasteiger partial charge in [0, 0.05) is 13.1 Å². The van der Waals surface area contributed by atoms with Crippen LogP contribution in [0, 0.1) is 11.2 Å². The highest BCUT2D eigenvalue weighted by Gasteiger charge is 2.41. The summed E-state index contributed by atoms with van der Waals surface area (Å²) in [6.07, 6.45) is 2.71. The molecule has 1 atom stereocenters. The van der Waals surface area contributed by atoms with E-state index in [1.807, 2.05) is 0 Å². The average molecular weight is 225 g/mol. The maximum atomic E-state index is 12.6. The lowest BCUT2D eigenvalue weighted by molar-refractivity contribution is -0.146. The molecule has 2 rings (SSSR count). The number of halogens is 1. The Morgan fingerprint density at radius 2 is 2.19 bits per heavy atom. The summed E-state index contributed by atoms with van der Waals surface area (Å²) in [4.78, 5) is 20.4. The summed E-state index contributed by atoms with van der Waals surface area (Å²) in [7, 11) is 0. The average Bonchev–Trinajstić information content (AvgIpc) is 2.63. The van der Waals surface area contributed by atoms with Gasteiger partial charge in [0.25, 0.3) is 0 Å². The molecule has 1 fully saturated rings. The molecule has 0 amide bonds. The van der Waals surface area contributed by atoms with Crippen molar-refractivity contribution in [3.63, 3.8) is 0 Å². The van der Waals surface area contributed by atoms with Crippen molar-refractivity contribution < 1.29 is 14.3 Å². The summed E-state index contributed by atoms with van der Waals surface area (Å²) in [6, 6.07) is 0. The van der Waals surface area contributed by atoms with Crippen LogP contribution in [0.1, 0.15) is 13.3 Å². The number of hydrogen-bond donors (Lipinski definition) is 1. The van der Waals surface area contributed by atoms with Gasteiger partial charge in [0.1, 0.15) is 0 Å². The zero-order valence-corrected chi connectivity index (χ0v) is 8.85. The molecule has 1 aliphatic heterocycles. The van der Waals surface area contributed by atoms with Crippen LogP contribution in [0.4, 0.5) is 10.3 Å². The van der Waals surface area contributed by atoms with Crippen molar-refractivity contribution in [1.29, 1.82) is 0 Å². The van der Waals surface area contributed by atoms with Crippen molar-refractivity contribution in [2.45, 2.75) is 13.3 Å². The molecule has 6 heteroatoms. The van der Waals surface area contributed by atoms with E-state index in [4.69, 9.17) is 5.11 Å². The molecule has 5 nitrogen and oxygen atoms in total. The Kier molecular flexibility index (Phi) is 2.49. The summed E-state index contributed by atoms with van der Waals surface area (Å²) in [5.74, 6) is -0.938. The quantitative estimate of drug-likeness (QED) is 0.810. The van der Waals surface area contributed by atoms with Crippen LogP contribution in [-0.4, -0.2) is 34.1 Å². The Morgan fingerprint density at radius 3 is 2.69 bits per heavy atom. The number of aliphatic carboxylic acids is 1. The first-order valence-electron chi connectivity index (χ1n) is 4.97. The Bertz CT molecular complexity index is 409. The molecule has 1 aromatic heterocycles. The molecule has 1 aliphatic rings. The number of rotatable bonds is 2. The van der Waals surface area contributed by atoms with Gasteiger partial charge in [0.2, 0.25) is 5.95 Å². The molecule has 0 aromatic carbocycles. The zero-order chi connectivity index (χ0) is 11.8. The minimum Gasteiger partial charge on any atom is -0.481 e. The van der Waals surface area contributed by atoms with Gasteiger partial charge >= 0.3 is 5.97 Å². The van der Waals surface area contributed by atoms with Gasteiger partial charge in [-0.05, 0) is 13.3 Å². The van der Waals surface area contributed by atoms with E-state index in [0.29, 0.717) is 25.5 Å². The van der Waals surface area contributed by atoms with E-state index >= 15 is 0 Å². The third kappa shape index (κ3) is 1.82. The smallest absolute Gasteiger partial charge is 0.311 e. The van der Waals surface area contributed by atoms with Crippen LogP contribution >= 0.6 is 0 Å². The lowest BCUT2D eigenvalue weighted by atomic mass is 9.90. The van der Waals surface area contributed by atoms with Crippen LogP contribution in [0.25, 0.3) is 0 Å². The molecule has 0 bridgehead atoms. The third-order valence-electron chi connectivity index (χ3n) is 2.88. The predicted octanol–water partition coefficient (Wildman–Crippen LogP) is 0.917. The summed E-state index contributed by atoms with van der Waals surface area (Å²) >= 11 is 0. The summed E-state index contributed by atoms with van der Waals surface area (Å²) in [5, 5.41) is 9.05. The fourth-order valence-electron chi connectivity index (χ4n) is 1.78. The van der Waals surface area contributed by atoms with Gasteiger partial charge in [-0.2, -0.15) is 0 Å². The minimum absolute atomic E-state index is 0.355. The molecule has 1 unspecified atom stereocenters. The Balaban J connectivity index is 2.15. The van der Waals surface area contributed by atoms with Crippen LogP contribution < -0.4 is 4.90 Å². The van der Waals surface area contributed by atoms with Crippen LogP contribution in [0.15, 0.2) is 12.4 Å². The van der Waals surface area contributed by atoms with Crippen molar-refractivity contribution in [2.24, 2.45) is 5.41 Å². The zero-order valence-electron chi connectivity index (χ0n) is 8.85. The monoisotopic (exact) mass is 225 g/mol. The van der Waals surface area contributed by atoms with Crippen LogP contribution in [-0.2, 0) is 4.79 Å². The second-order valence-corrected chi connectivity index (χ2v) is 4.24. The van der Waals surface area contributed by atoms with Gasteiger partial charge in [-0.15, -0.1) is 0 Å². The third-order valence-corrected chi connectivity index (χ3v) is 2.88. The fourth-order valence-corrected chi connectivity index (χ4v) is 1.78. The van der Waals surface area contributed by atoms with Crippen LogP contribution in [0.2, 0.25) is 0 Å². The van der Waals surface area contributed by atoms with E-state index < -0.39 is 17.2 Å². The normalized spacial score (nSPS) is 24.8. The van der Waals surface area contributed by atoms with Crippen molar-refractivity contribution in [2.75, 3.05) is 18.0 Å². The molecular weight excluding hydrogens is 213 g/mol. The summed E-state index contributed by atoms with van der Waals surface area (Å²) < 4.78 is 12.6. The maximum Gasteiger partial charge on any atom is 0.311 e. The van der Waals surface area contributed by atoms with Crippen LogP contribution in [0.5, 0.6) is 0 Å². The lowest BCUT2D eigenvalue weighted by Gasteiger charge is -2.19. The van der Waals surface area contributed by atoms with Crippen molar-refractivity contribution in [1.82, 2.24) is 9.97 Å². The van der Waals surface area contributed by atoms with Crippen molar-refractivity contribution >= 4 is 11.9 Å². The predicted molar refractivity (Wildman–Crippen MR) is 54.6 cm³/mol. The molecule has 0 radical (unpaired) electrons. The maximum absolute atomic E-state index is 12.6. The highest BCUT2D eigenvalue weighted by atomic mass is 19.1. The Morgan fingerprint density at radius 1 is 1.56 bits per heavy atom. The number of carboxylic acids is 1. The highest BCUT2D eigenvalue weighted by Crippen LogP contribution is 2.31. The second kappa shape index (κ2) is 3.70. The Hall–Kier alpha value is -1.72. The first-order valence-corrected chi connectivity index (χ1v) is 4.97. The number of carboxylic acid groups (broad SMARTS) is 1. The highest BCUT2D eigenvalue weighted by molar-refractivity contribution is 5.76. The summed E-state index contributed by atoms with van der Waals surface area (Å²) in [5.41, 5.74) is -0.766. The molecule has 1 aromatic rings. The van der Waals surface area contributed by atoms with Gasteiger partial charge in [0.05, 0.1) is 17.8 Å². The minimum atomic E-state index is -0.822. The van der Waals surface area contributed by atoms with E-state index in [9.17, 15) is 9.18 Å². The van der Waals surface area contributed by atoms with Gasteiger partial charge in [-0.1, -0.05) is 0 Å². The second-order valence-electron chi connectivity index (χ2n) is 4.24. The first kappa shape index (κ1) is 10.8. The molecule has 0 saturated carbocycles. The van der Waals surface area contributed by atoms with Crippen molar-refractivity contribution in [3.8, 4) is 0 Å². The molecular formula is C10H12FN3O2. The molecule has 16 heavy (non-hydrogen) atoms.